The molecule has 1 aliphatic rings. The van der Waals surface area contributed by atoms with Crippen molar-refractivity contribution >= 4 is 15.9 Å². The first kappa shape index (κ1) is 30.0. The molecule has 0 saturated carbocycles. The average molecular weight is 630 g/mol. The van der Waals surface area contributed by atoms with E-state index in [2.05, 4.69) is 57.5 Å². The molecule has 4 aromatic carbocycles. The summed E-state index contributed by atoms with van der Waals surface area (Å²) in [7, 11) is 0. The van der Waals surface area contributed by atoms with Gasteiger partial charge in [-0.25, -0.2) is 0 Å². The molecule has 42 heavy (non-hydrogen) atoms. The summed E-state index contributed by atoms with van der Waals surface area (Å²) in [5, 5.41) is 46.2. The number of hydrogen-bond acceptors (Lipinski definition) is 4. The molecule has 1 aliphatic carbocycles. The molecule has 4 nitrogen and oxygen atoms in total. The number of hydrogen-bond donors (Lipinski definition) is 4. The molecule has 0 heterocycles. The standard InChI is InChI=1S/C37H41BrO4/c1-20-8-21-10-23-14-29(36(2,3)4)16-25(33(23)40)12-27-18-31(38)19-28(35(27)42)13-26-17-30(37(5,6)7)15-24(34(26)41)11-22(9-20)32(21)39/h8-9,14-19,39-42H,10-13H2,1-7H3. The van der Waals surface area contributed by atoms with Gasteiger partial charge in [-0.1, -0.05) is 99.4 Å². The predicted octanol–water partition coefficient (Wildman–Crippen LogP) is 8.85. The summed E-state index contributed by atoms with van der Waals surface area (Å²) in [6, 6.07) is 15.8. The topological polar surface area (TPSA) is 80.9 Å². The van der Waals surface area contributed by atoms with Gasteiger partial charge in [-0.3, -0.25) is 0 Å². The Kier molecular flexibility index (Phi) is 7.64. The van der Waals surface area contributed by atoms with Crippen molar-refractivity contribution in [2.45, 2.75) is 85.0 Å². The van der Waals surface area contributed by atoms with Gasteiger partial charge < -0.3 is 20.4 Å². The Morgan fingerprint density at radius 1 is 0.452 bits per heavy atom. The average Bonchev–Trinajstić information content (AvgIpc) is 2.87. The van der Waals surface area contributed by atoms with Crippen LogP contribution in [0.1, 0.15) is 103 Å². The lowest BCUT2D eigenvalue weighted by Gasteiger charge is -2.24. The maximum atomic E-state index is 11.6. The van der Waals surface area contributed by atoms with Crippen LogP contribution in [0.25, 0.3) is 0 Å². The van der Waals surface area contributed by atoms with Crippen LogP contribution in [0.4, 0.5) is 0 Å². The third-order valence-corrected chi connectivity index (χ3v) is 8.89. The van der Waals surface area contributed by atoms with Crippen molar-refractivity contribution in [2.75, 3.05) is 0 Å². The highest BCUT2D eigenvalue weighted by Crippen LogP contribution is 2.41. The summed E-state index contributed by atoms with van der Waals surface area (Å²) >= 11 is 3.64. The van der Waals surface area contributed by atoms with Crippen LogP contribution in [0.5, 0.6) is 23.0 Å². The molecule has 0 fully saturated rings. The second-order valence-electron chi connectivity index (χ2n) is 14.0. The van der Waals surface area contributed by atoms with Gasteiger partial charge in [0.25, 0.3) is 0 Å². The van der Waals surface area contributed by atoms with Crippen molar-refractivity contribution in [3.8, 4) is 23.0 Å². The second-order valence-corrected chi connectivity index (χ2v) is 14.9. The van der Waals surface area contributed by atoms with E-state index in [1.165, 1.54) is 0 Å². The smallest absolute Gasteiger partial charge is 0.122 e. The highest BCUT2D eigenvalue weighted by molar-refractivity contribution is 9.10. The fourth-order valence-electron chi connectivity index (χ4n) is 5.94. The van der Waals surface area contributed by atoms with Crippen LogP contribution in [0.3, 0.4) is 0 Å². The normalized spacial score (nSPS) is 13.7. The van der Waals surface area contributed by atoms with Crippen molar-refractivity contribution in [3.05, 3.63) is 114 Å². The molecule has 4 N–H and O–H groups in total. The SMILES string of the molecule is Cc1cc2c(O)c(c1)Cc1cc(C(C)(C)C)cc(c1O)Cc1cc(Br)cc(c1O)Cc1cc(C(C)(C)C)cc(c1O)C2. The van der Waals surface area contributed by atoms with Gasteiger partial charge in [0.05, 0.1) is 0 Å². The second kappa shape index (κ2) is 10.7. The fourth-order valence-corrected chi connectivity index (χ4v) is 6.49. The Bertz CT molecular complexity index is 1480. The first-order valence-corrected chi connectivity index (χ1v) is 15.3. The third-order valence-electron chi connectivity index (χ3n) is 8.44. The fraction of sp³-hybridized carbons (Fsp3) is 0.351. The van der Waals surface area contributed by atoms with Crippen molar-refractivity contribution < 1.29 is 20.4 Å². The van der Waals surface area contributed by atoms with E-state index in [-0.39, 0.29) is 33.8 Å². The monoisotopic (exact) mass is 628 g/mol. The molecule has 0 amide bonds. The molecule has 5 heteroatoms. The van der Waals surface area contributed by atoms with E-state index >= 15 is 0 Å². The van der Waals surface area contributed by atoms with Crippen LogP contribution in [-0.2, 0) is 36.5 Å². The maximum absolute atomic E-state index is 11.6. The van der Waals surface area contributed by atoms with Gasteiger partial charge in [-0.2, -0.15) is 0 Å². The van der Waals surface area contributed by atoms with E-state index in [1.807, 2.05) is 55.5 Å². The molecule has 0 unspecified atom stereocenters. The van der Waals surface area contributed by atoms with Crippen LogP contribution in [-0.4, -0.2) is 20.4 Å². The van der Waals surface area contributed by atoms with Gasteiger partial charge in [0.2, 0.25) is 0 Å². The van der Waals surface area contributed by atoms with Gasteiger partial charge >= 0.3 is 0 Å². The highest BCUT2D eigenvalue weighted by Gasteiger charge is 2.24. The molecule has 0 spiro atoms. The molecule has 0 aliphatic heterocycles. The summed E-state index contributed by atoms with van der Waals surface area (Å²) in [6.45, 7) is 14.9. The Hall–Kier alpha value is -3.44. The van der Waals surface area contributed by atoms with Crippen LogP contribution >= 0.6 is 15.9 Å². The predicted molar refractivity (Wildman–Crippen MR) is 173 cm³/mol. The first-order chi connectivity index (χ1) is 19.5. The number of aryl methyl sites for hydroxylation is 1. The molecule has 5 rings (SSSR count). The van der Waals surface area contributed by atoms with E-state index < -0.39 is 0 Å². The Morgan fingerprint density at radius 2 is 0.690 bits per heavy atom. The summed E-state index contributed by atoms with van der Waals surface area (Å²) in [5.74, 6) is 0.698. The maximum Gasteiger partial charge on any atom is 0.122 e. The summed E-state index contributed by atoms with van der Waals surface area (Å²) < 4.78 is 0.820. The minimum absolute atomic E-state index is 0.160. The zero-order valence-electron chi connectivity index (χ0n) is 25.6. The number of benzene rings is 4. The molecule has 8 bridgehead atoms. The zero-order chi connectivity index (χ0) is 30.7. The summed E-state index contributed by atoms with van der Waals surface area (Å²) in [5.41, 5.74) is 8.52. The van der Waals surface area contributed by atoms with Gasteiger partial charge in [0.15, 0.2) is 0 Å². The Balaban J connectivity index is 1.82. The largest absolute Gasteiger partial charge is 0.507 e. The van der Waals surface area contributed by atoms with Crippen molar-refractivity contribution in [3.63, 3.8) is 0 Å². The van der Waals surface area contributed by atoms with Crippen LogP contribution in [0.2, 0.25) is 0 Å². The molecule has 0 saturated heterocycles. The van der Waals surface area contributed by atoms with Gasteiger partial charge in [0.1, 0.15) is 23.0 Å². The number of aromatic hydroxyl groups is 4. The lowest BCUT2D eigenvalue weighted by molar-refractivity contribution is 0.449. The summed E-state index contributed by atoms with van der Waals surface area (Å²) in [4.78, 5) is 0. The van der Waals surface area contributed by atoms with E-state index in [0.29, 0.717) is 36.8 Å². The number of halogens is 1. The third kappa shape index (κ3) is 5.89. The Labute approximate surface area is 257 Å². The van der Waals surface area contributed by atoms with E-state index in [9.17, 15) is 20.4 Å². The molecular weight excluding hydrogens is 588 g/mol. The molecule has 4 aromatic rings. The van der Waals surface area contributed by atoms with Crippen LogP contribution in [0, 0.1) is 6.92 Å². The quantitative estimate of drug-likeness (QED) is 0.138. The Morgan fingerprint density at radius 3 is 0.952 bits per heavy atom. The number of phenols is 4. The van der Waals surface area contributed by atoms with Gasteiger partial charge in [-0.05, 0) is 85.5 Å². The van der Waals surface area contributed by atoms with Crippen molar-refractivity contribution in [2.24, 2.45) is 0 Å². The minimum atomic E-state index is -0.173. The molecule has 220 valence electrons. The van der Waals surface area contributed by atoms with Gasteiger partial charge in [0, 0.05) is 30.2 Å². The van der Waals surface area contributed by atoms with E-state index in [0.717, 1.165) is 54.5 Å². The minimum Gasteiger partial charge on any atom is -0.507 e. The molecule has 0 radical (unpaired) electrons. The molecular formula is C37H41BrO4. The summed E-state index contributed by atoms with van der Waals surface area (Å²) in [6.07, 6.45) is 1.34. The van der Waals surface area contributed by atoms with Crippen molar-refractivity contribution in [1.29, 1.82) is 0 Å². The highest BCUT2D eigenvalue weighted by atomic mass is 79.9. The zero-order valence-corrected chi connectivity index (χ0v) is 27.2. The van der Waals surface area contributed by atoms with Gasteiger partial charge in [-0.15, -0.1) is 0 Å². The number of phenolic OH excluding ortho intramolecular Hbond substituents is 4. The van der Waals surface area contributed by atoms with E-state index in [4.69, 9.17) is 0 Å². The first-order valence-electron chi connectivity index (χ1n) is 14.5. The van der Waals surface area contributed by atoms with Crippen molar-refractivity contribution in [1.82, 2.24) is 0 Å². The lowest BCUT2D eigenvalue weighted by Crippen LogP contribution is -2.13. The number of fused-ring (bicyclic) bond motifs is 8. The molecule has 0 atom stereocenters. The molecule has 0 aromatic heterocycles. The van der Waals surface area contributed by atoms with Crippen LogP contribution in [0.15, 0.2) is 53.0 Å². The van der Waals surface area contributed by atoms with E-state index in [1.54, 1.807) is 0 Å². The lowest BCUT2D eigenvalue weighted by atomic mass is 9.81. The van der Waals surface area contributed by atoms with Crippen LogP contribution < -0.4 is 0 Å². The number of rotatable bonds is 0.